The third-order valence-corrected chi connectivity index (χ3v) is 15.5. The molecule has 3 unspecified atom stereocenters. The Bertz CT molecular complexity index is 1340. The number of likely N-dealkylation sites (N-methyl/N-ethyl adjacent to an activating group) is 1. The van der Waals surface area contributed by atoms with Crippen molar-refractivity contribution in [2.24, 2.45) is 0 Å². The van der Waals surface area contributed by atoms with Gasteiger partial charge in [-0.2, -0.15) is 0 Å². The number of unbranched alkanes of at least 4 members (excludes halogenated alkanes) is 40. The number of aliphatic hydroxyl groups is 1. The quantitative estimate of drug-likeness (QED) is 0.0272. The number of amides is 1. The van der Waals surface area contributed by atoms with Gasteiger partial charge in [-0.3, -0.25) is 9.36 Å². The van der Waals surface area contributed by atoms with Gasteiger partial charge < -0.3 is 28.8 Å². The van der Waals surface area contributed by atoms with Crippen LogP contribution in [-0.4, -0.2) is 68.5 Å². The van der Waals surface area contributed by atoms with Gasteiger partial charge in [-0.25, -0.2) is 0 Å². The van der Waals surface area contributed by atoms with Crippen LogP contribution in [0.25, 0.3) is 0 Å². The molecule has 8 nitrogen and oxygen atoms in total. The van der Waals surface area contributed by atoms with Crippen LogP contribution in [0.1, 0.15) is 309 Å². The van der Waals surface area contributed by atoms with Gasteiger partial charge >= 0.3 is 0 Å². The molecule has 3 atom stereocenters. The summed E-state index contributed by atoms with van der Waals surface area (Å²) in [4.78, 5) is 25.6. The van der Waals surface area contributed by atoms with E-state index in [0.717, 1.165) is 51.4 Å². The van der Waals surface area contributed by atoms with Crippen molar-refractivity contribution in [1.29, 1.82) is 0 Å². The molecule has 0 aromatic carbocycles. The highest BCUT2D eigenvalue weighted by Gasteiger charge is 2.23. The van der Waals surface area contributed by atoms with Crippen molar-refractivity contribution in [2.45, 2.75) is 321 Å². The summed E-state index contributed by atoms with van der Waals surface area (Å²) in [5.41, 5.74) is 0. The number of nitrogens with one attached hydrogen (secondary N) is 1. The van der Waals surface area contributed by atoms with E-state index in [2.05, 4.69) is 55.6 Å². The lowest BCUT2D eigenvalue weighted by atomic mass is 10.0. The van der Waals surface area contributed by atoms with Crippen LogP contribution in [0, 0.1) is 0 Å². The maximum absolute atomic E-state index is 13.0. The van der Waals surface area contributed by atoms with Crippen molar-refractivity contribution in [1.82, 2.24) is 5.32 Å². The Hall–Kier alpha value is -1.54. The number of carbonyl (C=O) groups is 1. The summed E-state index contributed by atoms with van der Waals surface area (Å²) >= 11 is 0. The molecular weight excluding hydrogens is 936 g/mol. The smallest absolute Gasteiger partial charge is 0.268 e. The first-order valence-electron chi connectivity index (χ1n) is 32.0. The van der Waals surface area contributed by atoms with Gasteiger partial charge in [0.05, 0.1) is 39.9 Å². The second-order valence-corrected chi connectivity index (χ2v) is 24.5. The first-order chi connectivity index (χ1) is 36.0. The minimum Gasteiger partial charge on any atom is -0.756 e. The molecular formula is C65H125N2O6P. The third-order valence-electron chi connectivity index (χ3n) is 14.5. The van der Waals surface area contributed by atoms with Crippen molar-refractivity contribution in [3.63, 3.8) is 0 Å². The molecule has 0 aliphatic heterocycles. The van der Waals surface area contributed by atoms with Crippen LogP contribution < -0.4 is 10.2 Å². The fraction of sp³-hybridized carbons (Fsp3) is 0.862. The number of nitrogens with zero attached hydrogens (tertiary/aromatic N) is 1. The Kier molecular flexibility index (Phi) is 55.0. The van der Waals surface area contributed by atoms with E-state index in [-0.39, 0.29) is 19.1 Å². The lowest BCUT2D eigenvalue weighted by Crippen LogP contribution is -2.45. The number of phosphoric acid groups is 1. The summed E-state index contributed by atoms with van der Waals surface area (Å²) in [5.74, 6) is -0.196. The Morgan fingerprint density at radius 2 is 0.784 bits per heavy atom. The lowest BCUT2D eigenvalue weighted by Gasteiger charge is -2.29. The van der Waals surface area contributed by atoms with Crippen LogP contribution in [0.3, 0.4) is 0 Å². The van der Waals surface area contributed by atoms with Gasteiger partial charge in [0, 0.05) is 6.42 Å². The van der Waals surface area contributed by atoms with E-state index in [1.807, 2.05) is 27.2 Å². The van der Waals surface area contributed by atoms with Crippen molar-refractivity contribution >= 4 is 13.7 Å². The average molecular weight is 1060 g/mol. The molecule has 2 N–H and O–H groups in total. The SMILES string of the molecule is CCCCCCC/C=C\C/C=C\C/C=C\CCCCCCCCCCCCCCC(=O)NC(COP(=O)([O-])OCC[N+](C)(C)C)C(O)/C=C/CCCCCCCCCCCCCCCCCCCCCCCCC. The third kappa shape index (κ3) is 58.1. The summed E-state index contributed by atoms with van der Waals surface area (Å²) in [6.07, 6.45) is 74.8. The van der Waals surface area contributed by atoms with E-state index in [1.54, 1.807) is 6.08 Å². The van der Waals surface area contributed by atoms with Crippen molar-refractivity contribution in [2.75, 3.05) is 40.9 Å². The molecule has 74 heavy (non-hydrogen) atoms. The summed E-state index contributed by atoms with van der Waals surface area (Å²) in [6, 6.07) is -0.890. The van der Waals surface area contributed by atoms with Gasteiger partial charge in [0.2, 0.25) is 5.91 Å². The standard InChI is InChI=1S/C65H125N2O6P/c1-6-8-10-12-14-16-18-20-22-24-26-28-30-32-33-35-37-39-41-43-45-47-49-51-53-55-57-59-65(69)66-63(62-73-74(70,71)72-61-60-67(3,4)5)64(68)58-56-54-52-50-48-46-44-42-40-38-36-34-31-29-27-25-23-21-19-17-15-13-11-9-7-2/h18,20,24,26,30,32,56,58,63-64,68H,6-17,19,21-23,25,27-29,31,33-55,57,59-62H2,1-5H3,(H-,66,69,70,71)/b20-18-,26-24-,32-30-,58-56+. The van der Waals surface area contributed by atoms with E-state index < -0.39 is 20.0 Å². The summed E-state index contributed by atoms with van der Waals surface area (Å²) in [5, 5.41) is 13.9. The zero-order valence-corrected chi connectivity index (χ0v) is 50.7. The Morgan fingerprint density at radius 3 is 1.14 bits per heavy atom. The van der Waals surface area contributed by atoms with E-state index in [4.69, 9.17) is 9.05 Å². The van der Waals surface area contributed by atoms with E-state index >= 15 is 0 Å². The number of hydrogen-bond donors (Lipinski definition) is 2. The predicted molar refractivity (Wildman–Crippen MR) is 321 cm³/mol. The summed E-state index contributed by atoms with van der Waals surface area (Å²) in [6.45, 7) is 4.68. The molecule has 0 rings (SSSR count). The minimum absolute atomic E-state index is 0.00146. The molecule has 0 aliphatic carbocycles. The van der Waals surface area contributed by atoms with E-state index in [9.17, 15) is 19.4 Å². The van der Waals surface area contributed by atoms with Crippen LogP contribution in [0.4, 0.5) is 0 Å². The number of aliphatic hydroxyl groups excluding tert-OH is 1. The molecule has 0 spiro atoms. The van der Waals surface area contributed by atoms with E-state index in [0.29, 0.717) is 17.4 Å². The largest absolute Gasteiger partial charge is 0.756 e. The topological polar surface area (TPSA) is 108 Å². The van der Waals surface area contributed by atoms with Crippen LogP contribution >= 0.6 is 7.82 Å². The number of carbonyl (C=O) groups excluding carboxylic acids is 1. The predicted octanol–water partition coefficient (Wildman–Crippen LogP) is 19.2. The number of allylic oxidation sites excluding steroid dienone is 7. The van der Waals surface area contributed by atoms with Gasteiger partial charge in [0.25, 0.3) is 7.82 Å². The maximum atomic E-state index is 13.0. The number of rotatable bonds is 59. The lowest BCUT2D eigenvalue weighted by molar-refractivity contribution is -0.870. The molecule has 0 heterocycles. The van der Waals surface area contributed by atoms with Crippen LogP contribution in [-0.2, 0) is 18.4 Å². The number of phosphoric ester groups is 1. The molecule has 0 bridgehead atoms. The highest BCUT2D eigenvalue weighted by molar-refractivity contribution is 7.45. The van der Waals surface area contributed by atoms with Crippen LogP contribution in [0.15, 0.2) is 48.6 Å². The highest BCUT2D eigenvalue weighted by Crippen LogP contribution is 2.38. The van der Waals surface area contributed by atoms with Crippen LogP contribution in [0.5, 0.6) is 0 Å². The first kappa shape index (κ1) is 72.5. The van der Waals surface area contributed by atoms with Crippen LogP contribution in [0.2, 0.25) is 0 Å². The molecule has 0 radical (unpaired) electrons. The first-order valence-corrected chi connectivity index (χ1v) is 33.5. The Labute approximate surface area is 460 Å². The van der Waals surface area contributed by atoms with Crippen molar-refractivity contribution in [3.05, 3.63) is 48.6 Å². The molecule has 0 aliphatic rings. The highest BCUT2D eigenvalue weighted by atomic mass is 31.2. The molecule has 0 saturated carbocycles. The number of hydrogen-bond acceptors (Lipinski definition) is 6. The fourth-order valence-electron chi connectivity index (χ4n) is 9.52. The zero-order chi connectivity index (χ0) is 54.2. The maximum Gasteiger partial charge on any atom is 0.268 e. The van der Waals surface area contributed by atoms with Crippen molar-refractivity contribution < 1.29 is 32.9 Å². The van der Waals surface area contributed by atoms with Gasteiger partial charge in [0.15, 0.2) is 0 Å². The molecule has 0 aromatic heterocycles. The van der Waals surface area contributed by atoms with Gasteiger partial charge in [-0.15, -0.1) is 0 Å². The second-order valence-electron chi connectivity index (χ2n) is 23.1. The fourth-order valence-corrected chi connectivity index (χ4v) is 10.2. The second kappa shape index (κ2) is 56.2. The zero-order valence-electron chi connectivity index (χ0n) is 49.8. The normalized spacial score (nSPS) is 14.1. The summed E-state index contributed by atoms with van der Waals surface area (Å²) < 4.78 is 23.4. The van der Waals surface area contributed by atoms with Gasteiger partial charge in [0.1, 0.15) is 13.2 Å². The molecule has 9 heteroatoms. The van der Waals surface area contributed by atoms with E-state index in [1.165, 1.54) is 238 Å². The Morgan fingerprint density at radius 1 is 0.473 bits per heavy atom. The molecule has 436 valence electrons. The summed E-state index contributed by atoms with van der Waals surface area (Å²) in [7, 11) is 1.27. The molecule has 0 saturated heterocycles. The van der Waals surface area contributed by atoms with Crippen molar-refractivity contribution in [3.8, 4) is 0 Å². The van der Waals surface area contributed by atoms with Gasteiger partial charge in [-0.1, -0.05) is 294 Å². The molecule has 1 amide bonds. The van der Waals surface area contributed by atoms with Gasteiger partial charge in [-0.05, 0) is 57.8 Å². The average Bonchev–Trinajstić information content (AvgIpc) is 3.36. The monoisotopic (exact) mass is 1060 g/mol. The minimum atomic E-state index is -4.60. The Balaban J connectivity index is 4.15. The molecule has 0 fully saturated rings. The number of quaternary nitrogens is 1. The molecule has 0 aromatic rings.